The molecule has 1 aromatic heterocycles. The minimum Gasteiger partial charge on any atom is -0.334 e. The van der Waals surface area contributed by atoms with Crippen LogP contribution in [0.25, 0.3) is 0 Å². The van der Waals surface area contributed by atoms with E-state index in [1.807, 2.05) is 17.0 Å². The minimum atomic E-state index is 0.0783. The van der Waals surface area contributed by atoms with Crippen LogP contribution in [0.3, 0.4) is 0 Å². The van der Waals surface area contributed by atoms with Gasteiger partial charge in [0.15, 0.2) is 0 Å². The molecule has 2 aliphatic rings. The fourth-order valence-corrected chi connectivity index (χ4v) is 3.46. The topological polar surface area (TPSA) is 53.5 Å². The van der Waals surface area contributed by atoms with E-state index < -0.39 is 0 Å². The van der Waals surface area contributed by atoms with Gasteiger partial charge in [0.2, 0.25) is 11.8 Å². The fraction of sp³-hybridized carbons (Fsp3) is 0.588. The fourth-order valence-electron chi connectivity index (χ4n) is 3.46. The van der Waals surface area contributed by atoms with E-state index in [9.17, 15) is 9.59 Å². The van der Waals surface area contributed by atoms with E-state index in [1.165, 1.54) is 0 Å². The van der Waals surface area contributed by atoms with Crippen molar-refractivity contribution >= 4 is 11.8 Å². The first-order chi connectivity index (χ1) is 10.8. The molecule has 22 heavy (non-hydrogen) atoms. The molecule has 0 saturated carbocycles. The number of carbonyl (C=O) groups excluding carboxylic acids is 2. The molecule has 0 aliphatic carbocycles. The number of amides is 2. The number of aromatic nitrogens is 1. The van der Waals surface area contributed by atoms with Crippen LogP contribution in [0.4, 0.5) is 0 Å². The SMILES string of the molecule is O=C1CCCCCN1CC(=O)N1CCCC1c1ccncc1. The molecular formula is C17H23N3O2. The second-order valence-electron chi connectivity index (χ2n) is 6.15. The van der Waals surface area contributed by atoms with Crippen LogP contribution >= 0.6 is 0 Å². The van der Waals surface area contributed by atoms with Gasteiger partial charge in [0.05, 0.1) is 12.6 Å². The Bertz CT molecular complexity index is 532. The lowest BCUT2D eigenvalue weighted by Gasteiger charge is -2.28. The summed E-state index contributed by atoms with van der Waals surface area (Å²) < 4.78 is 0. The number of hydrogen-bond donors (Lipinski definition) is 0. The lowest BCUT2D eigenvalue weighted by molar-refractivity contribution is -0.140. The molecule has 0 radical (unpaired) electrons. The number of pyridine rings is 1. The van der Waals surface area contributed by atoms with Crippen molar-refractivity contribution in [3.8, 4) is 0 Å². The van der Waals surface area contributed by atoms with Gasteiger partial charge in [-0.05, 0) is 43.4 Å². The van der Waals surface area contributed by atoms with Gasteiger partial charge in [-0.2, -0.15) is 0 Å². The molecule has 3 heterocycles. The summed E-state index contributed by atoms with van der Waals surface area (Å²) in [5.74, 6) is 0.208. The normalized spacial score (nSPS) is 22.7. The summed E-state index contributed by atoms with van der Waals surface area (Å²) in [6, 6.07) is 4.10. The largest absolute Gasteiger partial charge is 0.334 e. The van der Waals surface area contributed by atoms with Crippen LogP contribution in [0, 0.1) is 0 Å². The van der Waals surface area contributed by atoms with E-state index in [0.29, 0.717) is 6.42 Å². The third-order valence-electron chi connectivity index (χ3n) is 4.66. The molecule has 0 bridgehead atoms. The first kappa shape index (κ1) is 15.0. The molecule has 1 unspecified atom stereocenters. The van der Waals surface area contributed by atoms with Gasteiger partial charge in [-0.3, -0.25) is 14.6 Å². The number of rotatable bonds is 3. The van der Waals surface area contributed by atoms with Crippen LogP contribution in [0.15, 0.2) is 24.5 Å². The molecule has 5 nitrogen and oxygen atoms in total. The summed E-state index contributed by atoms with van der Waals surface area (Å²) in [5.41, 5.74) is 1.14. The summed E-state index contributed by atoms with van der Waals surface area (Å²) >= 11 is 0. The Labute approximate surface area is 131 Å². The van der Waals surface area contributed by atoms with Gasteiger partial charge in [0, 0.05) is 31.9 Å². The Hall–Kier alpha value is -1.91. The van der Waals surface area contributed by atoms with Crippen LogP contribution in [-0.4, -0.2) is 46.2 Å². The Kier molecular flexibility index (Phi) is 4.71. The van der Waals surface area contributed by atoms with Crippen molar-refractivity contribution < 1.29 is 9.59 Å². The van der Waals surface area contributed by atoms with Gasteiger partial charge in [0.25, 0.3) is 0 Å². The van der Waals surface area contributed by atoms with E-state index >= 15 is 0 Å². The van der Waals surface area contributed by atoms with Crippen LogP contribution in [-0.2, 0) is 9.59 Å². The van der Waals surface area contributed by atoms with Crippen molar-refractivity contribution in [2.45, 2.75) is 44.6 Å². The summed E-state index contributed by atoms with van der Waals surface area (Å²) in [6.07, 6.45) is 9.18. The van der Waals surface area contributed by atoms with E-state index in [-0.39, 0.29) is 24.4 Å². The van der Waals surface area contributed by atoms with Gasteiger partial charge in [-0.1, -0.05) is 6.42 Å². The molecule has 5 heteroatoms. The maximum Gasteiger partial charge on any atom is 0.242 e. The maximum atomic E-state index is 12.7. The third-order valence-corrected chi connectivity index (χ3v) is 4.66. The molecule has 3 rings (SSSR count). The lowest BCUT2D eigenvalue weighted by Crippen LogP contribution is -2.42. The van der Waals surface area contributed by atoms with E-state index in [2.05, 4.69) is 4.98 Å². The van der Waals surface area contributed by atoms with Crippen molar-refractivity contribution in [1.82, 2.24) is 14.8 Å². The zero-order valence-corrected chi connectivity index (χ0v) is 12.9. The van der Waals surface area contributed by atoms with Gasteiger partial charge < -0.3 is 9.80 Å². The Morgan fingerprint density at radius 2 is 1.95 bits per heavy atom. The lowest BCUT2D eigenvalue weighted by atomic mass is 10.1. The van der Waals surface area contributed by atoms with Crippen molar-refractivity contribution in [2.75, 3.05) is 19.6 Å². The molecule has 2 saturated heterocycles. The molecule has 2 fully saturated rings. The van der Waals surface area contributed by atoms with E-state index in [4.69, 9.17) is 0 Å². The highest BCUT2D eigenvalue weighted by atomic mass is 16.2. The predicted molar refractivity (Wildman–Crippen MR) is 83.0 cm³/mol. The number of hydrogen-bond acceptors (Lipinski definition) is 3. The van der Waals surface area contributed by atoms with Crippen molar-refractivity contribution in [3.63, 3.8) is 0 Å². The summed E-state index contributed by atoms with van der Waals surface area (Å²) in [4.78, 5) is 32.5. The first-order valence-electron chi connectivity index (χ1n) is 8.23. The third kappa shape index (κ3) is 3.29. The highest BCUT2D eigenvalue weighted by Gasteiger charge is 2.31. The Morgan fingerprint density at radius 3 is 2.77 bits per heavy atom. The number of likely N-dealkylation sites (tertiary alicyclic amines) is 2. The number of carbonyl (C=O) groups is 2. The standard InChI is InChI=1S/C17H23N3O2/c21-16-6-2-1-3-11-19(16)13-17(22)20-12-4-5-15(20)14-7-9-18-10-8-14/h7-10,15H,1-6,11-13H2. The molecule has 0 N–H and O–H groups in total. The molecule has 0 spiro atoms. The molecular weight excluding hydrogens is 278 g/mol. The number of nitrogens with zero attached hydrogens (tertiary/aromatic N) is 3. The van der Waals surface area contributed by atoms with E-state index in [0.717, 1.165) is 50.8 Å². The smallest absolute Gasteiger partial charge is 0.242 e. The van der Waals surface area contributed by atoms with Gasteiger partial charge in [0.1, 0.15) is 0 Å². The minimum absolute atomic E-state index is 0.0783. The molecule has 2 aliphatic heterocycles. The zero-order chi connectivity index (χ0) is 15.4. The Balaban J connectivity index is 1.67. The average Bonchev–Trinajstić information content (AvgIpc) is 2.95. The maximum absolute atomic E-state index is 12.7. The van der Waals surface area contributed by atoms with Crippen LogP contribution in [0.5, 0.6) is 0 Å². The van der Waals surface area contributed by atoms with E-state index in [1.54, 1.807) is 17.3 Å². The van der Waals surface area contributed by atoms with Crippen LogP contribution < -0.4 is 0 Å². The molecule has 118 valence electrons. The van der Waals surface area contributed by atoms with Crippen LogP contribution in [0.1, 0.15) is 50.1 Å². The zero-order valence-electron chi connectivity index (χ0n) is 12.9. The van der Waals surface area contributed by atoms with Crippen molar-refractivity contribution in [2.24, 2.45) is 0 Å². The van der Waals surface area contributed by atoms with Crippen molar-refractivity contribution in [3.05, 3.63) is 30.1 Å². The van der Waals surface area contributed by atoms with Gasteiger partial charge >= 0.3 is 0 Å². The predicted octanol–water partition coefficient (Wildman–Crippen LogP) is 2.15. The summed E-state index contributed by atoms with van der Waals surface area (Å²) in [5, 5.41) is 0. The first-order valence-corrected chi connectivity index (χ1v) is 8.23. The van der Waals surface area contributed by atoms with Gasteiger partial charge in [-0.15, -0.1) is 0 Å². The van der Waals surface area contributed by atoms with Crippen LogP contribution in [0.2, 0.25) is 0 Å². The molecule has 1 aromatic rings. The molecule has 0 aromatic carbocycles. The van der Waals surface area contributed by atoms with Crippen molar-refractivity contribution in [1.29, 1.82) is 0 Å². The summed E-state index contributed by atoms with van der Waals surface area (Å²) in [7, 11) is 0. The molecule has 2 amide bonds. The van der Waals surface area contributed by atoms with Gasteiger partial charge in [-0.25, -0.2) is 0 Å². The highest BCUT2D eigenvalue weighted by molar-refractivity contribution is 5.85. The average molecular weight is 301 g/mol. The second-order valence-corrected chi connectivity index (χ2v) is 6.15. The monoisotopic (exact) mass is 301 g/mol. The second kappa shape index (κ2) is 6.90. The quantitative estimate of drug-likeness (QED) is 0.859. The molecule has 1 atom stereocenters. The highest BCUT2D eigenvalue weighted by Crippen LogP contribution is 2.31. The Morgan fingerprint density at radius 1 is 1.14 bits per heavy atom. The summed E-state index contributed by atoms with van der Waals surface area (Å²) in [6.45, 7) is 1.74.